The molecule has 4 nitrogen and oxygen atoms in total. The summed E-state index contributed by atoms with van der Waals surface area (Å²) >= 11 is 0. The van der Waals surface area contributed by atoms with Gasteiger partial charge >= 0.3 is 0 Å². The van der Waals surface area contributed by atoms with Gasteiger partial charge in [-0.15, -0.1) is 0 Å². The lowest BCUT2D eigenvalue weighted by Gasteiger charge is -2.19. The van der Waals surface area contributed by atoms with Gasteiger partial charge in [0.2, 0.25) is 0 Å². The van der Waals surface area contributed by atoms with Crippen molar-refractivity contribution in [1.29, 1.82) is 0 Å². The molecule has 0 aliphatic rings. The van der Waals surface area contributed by atoms with Crippen molar-refractivity contribution in [3.8, 4) is 5.75 Å². The van der Waals surface area contributed by atoms with Gasteiger partial charge < -0.3 is 16.2 Å². The number of aryl methyl sites for hydroxylation is 1. The zero-order chi connectivity index (χ0) is 17.5. The van der Waals surface area contributed by atoms with Crippen LogP contribution in [0.1, 0.15) is 47.7 Å². The van der Waals surface area contributed by atoms with Crippen molar-refractivity contribution in [3.05, 3.63) is 65.2 Å². The number of hydrogen-bond acceptors (Lipinski definition) is 3. The molecule has 1 amide bonds. The average molecular weight is 326 g/mol. The third kappa shape index (κ3) is 5.10. The molecule has 0 radical (unpaired) electrons. The van der Waals surface area contributed by atoms with Crippen molar-refractivity contribution in [1.82, 2.24) is 5.32 Å². The van der Waals surface area contributed by atoms with E-state index in [9.17, 15) is 9.90 Å². The Morgan fingerprint density at radius 3 is 2.54 bits per heavy atom. The molecule has 2 atom stereocenters. The summed E-state index contributed by atoms with van der Waals surface area (Å²) in [4.78, 5) is 11.3. The number of amides is 1. The van der Waals surface area contributed by atoms with Crippen LogP contribution in [0.2, 0.25) is 0 Å². The van der Waals surface area contributed by atoms with E-state index in [-0.39, 0.29) is 17.2 Å². The number of carbonyl (C=O) groups excluding carboxylic acids is 1. The number of nitrogens with one attached hydrogen (secondary N) is 1. The molecule has 4 heteroatoms. The Balaban J connectivity index is 1.85. The molecule has 0 aromatic heterocycles. The van der Waals surface area contributed by atoms with Crippen LogP contribution >= 0.6 is 0 Å². The minimum Gasteiger partial charge on any atom is -0.507 e. The second-order valence-corrected chi connectivity index (χ2v) is 6.38. The van der Waals surface area contributed by atoms with Crippen LogP contribution in [0.15, 0.2) is 48.5 Å². The standard InChI is InChI=1S/C20H26N2O2/c1-14(17-10-11-19(23)18(12-17)20(21)24)13-22-15(2)8-9-16-6-4-3-5-7-16/h3-7,10-12,14-15,22-23H,8-9,13H2,1-2H3,(H2,21,24). The van der Waals surface area contributed by atoms with Crippen LogP contribution in [-0.4, -0.2) is 23.6 Å². The first-order valence-corrected chi connectivity index (χ1v) is 8.37. The summed E-state index contributed by atoms with van der Waals surface area (Å²) < 4.78 is 0. The molecule has 0 aliphatic heterocycles. The fraction of sp³-hybridized carbons (Fsp3) is 0.350. The van der Waals surface area contributed by atoms with Crippen LogP contribution in [0.5, 0.6) is 5.75 Å². The molecule has 0 saturated carbocycles. The highest BCUT2D eigenvalue weighted by Gasteiger charge is 2.13. The number of hydrogen-bond donors (Lipinski definition) is 3. The Hall–Kier alpha value is -2.33. The molecule has 4 N–H and O–H groups in total. The van der Waals surface area contributed by atoms with E-state index in [0.29, 0.717) is 6.04 Å². The largest absolute Gasteiger partial charge is 0.507 e. The summed E-state index contributed by atoms with van der Waals surface area (Å²) in [5.41, 5.74) is 7.80. The van der Waals surface area contributed by atoms with E-state index in [1.165, 1.54) is 11.6 Å². The SMILES string of the molecule is CC(CCc1ccccc1)NCC(C)c1ccc(O)c(C(N)=O)c1. The van der Waals surface area contributed by atoms with Gasteiger partial charge in [-0.2, -0.15) is 0 Å². The van der Waals surface area contributed by atoms with Crippen molar-refractivity contribution < 1.29 is 9.90 Å². The summed E-state index contributed by atoms with van der Waals surface area (Å²) in [6, 6.07) is 15.9. The maximum Gasteiger partial charge on any atom is 0.252 e. The normalized spacial score (nSPS) is 13.4. The van der Waals surface area contributed by atoms with Gasteiger partial charge in [0, 0.05) is 12.6 Å². The smallest absolute Gasteiger partial charge is 0.252 e. The Bertz CT molecular complexity index is 671. The zero-order valence-corrected chi connectivity index (χ0v) is 14.3. The summed E-state index contributed by atoms with van der Waals surface area (Å²) in [5, 5.41) is 13.2. The number of benzene rings is 2. The molecule has 0 spiro atoms. The summed E-state index contributed by atoms with van der Waals surface area (Å²) in [6.45, 7) is 5.08. The molecule has 128 valence electrons. The molecule has 24 heavy (non-hydrogen) atoms. The number of aromatic hydroxyl groups is 1. The molecule has 0 fully saturated rings. The van der Waals surface area contributed by atoms with Crippen LogP contribution in [0.4, 0.5) is 0 Å². The van der Waals surface area contributed by atoms with Gasteiger partial charge in [-0.3, -0.25) is 4.79 Å². The number of rotatable bonds is 8. The monoisotopic (exact) mass is 326 g/mol. The second-order valence-electron chi connectivity index (χ2n) is 6.38. The van der Waals surface area contributed by atoms with Gasteiger partial charge in [0.25, 0.3) is 5.91 Å². The van der Waals surface area contributed by atoms with Crippen molar-refractivity contribution in [2.45, 2.75) is 38.6 Å². The minimum atomic E-state index is -0.606. The highest BCUT2D eigenvalue weighted by molar-refractivity contribution is 5.95. The Kier molecular flexibility index (Phi) is 6.38. The number of phenols is 1. The minimum absolute atomic E-state index is 0.0670. The van der Waals surface area contributed by atoms with E-state index >= 15 is 0 Å². The van der Waals surface area contributed by atoms with Crippen LogP contribution in [0.25, 0.3) is 0 Å². The van der Waals surface area contributed by atoms with Gasteiger partial charge in [-0.05, 0) is 48.9 Å². The third-order valence-electron chi connectivity index (χ3n) is 4.34. The van der Waals surface area contributed by atoms with E-state index in [2.05, 4.69) is 43.4 Å². The van der Waals surface area contributed by atoms with Crippen molar-refractivity contribution in [2.24, 2.45) is 5.73 Å². The lowest BCUT2D eigenvalue weighted by atomic mass is 9.97. The van der Waals surface area contributed by atoms with Crippen LogP contribution in [0.3, 0.4) is 0 Å². The highest BCUT2D eigenvalue weighted by Crippen LogP contribution is 2.23. The Morgan fingerprint density at radius 2 is 1.88 bits per heavy atom. The number of primary amides is 1. The molecule has 2 aromatic rings. The van der Waals surface area contributed by atoms with Gasteiger partial charge in [-0.1, -0.05) is 43.3 Å². The second kappa shape index (κ2) is 8.50. The number of carbonyl (C=O) groups is 1. The molecule has 2 aromatic carbocycles. The Morgan fingerprint density at radius 1 is 1.17 bits per heavy atom. The van der Waals surface area contributed by atoms with Crippen molar-refractivity contribution >= 4 is 5.91 Å². The highest BCUT2D eigenvalue weighted by atomic mass is 16.3. The predicted molar refractivity (Wildman–Crippen MR) is 97.3 cm³/mol. The molecular formula is C20H26N2O2. The first-order chi connectivity index (χ1) is 11.5. The molecule has 0 heterocycles. The van der Waals surface area contributed by atoms with Gasteiger partial charge in [0.05, 0.1) is 5.56 Å². The Labute approximate surface area is 143 Å². The predicted octanol–water partition coefficient (Wildman–Crippen LogP) is 3.21. The summed E-state index contributed by atoms with van der Waals surface area (Å²) in [6.07, 6.45) is 2.12. The zero-order valence-electron chi connectivity index (χ0n) is 14.3. The van der Waals surface area contributed by atoms with E-state index in [4.69, 9.17) is 5.73 Å². The van der Waals surface area contributed by atoms with E-state index in [1.54, 1.807) is 6.07 Å². The summed E-state index contributed by atoms with van der Waals surface area (Å²) in [5.74, 6) is -0.448. The first kappa shape index (κ1) is 18.0. The maximum atomic E-state index is 11.3. The first-order valence-electron chi connectivity index (χ1n) is 8.37. The number of nitrogens with two attached hydrogens (primary N) is 1. The third-order valence-corrected chi connectivity index (χ3v) is 4.34. The van der Waals surface area contributed by atoms with Crippen LogP contribution in [0, 0.1) is 0 Å². The lowest BCUT2D eigenvalue weighted by molar-refractivity contribution is 0.0997. The fourth-order valence-electron chi connectivity index (χ4n) is 2.68. The lowest BCUT2D eigenvalue weighted by Crippen LogP contribution is -2.30. The van der Waals surface area contributed by atoms with Gasteiger partial charge in [0.15, 0.2) is 0 Å². The van der Waals surface area contributed by atoms with Crippen LogP contribution in [-0.2, 0) is 6.42 Å². The molecule has 0 saturated heterocycles. The topological polar surface area (TPSA) is 75.3 Å². The molecule has 2 unspecified atom stereocenters. The van der Waals surface area contributed by atoms with Gasteiger partial charge in [-0.25, -0.2) is 0 Å². The summed E-state index contributed by atoms with van der Waals surface area (Å²) in [7, 11) is 0. The van der Waals surface area contributed by atoms with Gasteiger partial charge in [0.1, 0.15) is 5.75 Å². The van der Waals surface area contributed by atoms with Crippen LogP contribution < -0.4 is 11.1 Å². The molecule has 0 aliphatic carbocycles. The quantitative estimate of drug-likeness (QED) is 0.697. The molecule has 2 rings (SSSR count). The molecule has 0 bridgehead atoms. The van der Waals surface area contributed by atoms with Crippen molar-refractivity contribution in [2.75, 3.05) is 6.54 Å². The molecular weight excluding hydrogens is 300 g/mol. The van der Waals surface area contributed by atoms with E-state index in [0.717, 1.165) is 24.9 Å². The maximum absolute atomic E-state index is 11.3. The fourth-order valence-corrected chi connectivity index (χ4v) is 2.68. The van der Waals surface area contributed by atoms with E-state index < -0.39 is 5.91 Å². The van der Waals surface area contributed by atoms with Crippen molar-refractivity contribution in [3.63, 3.8) is 0 Å². The average Bonchev–Trinajstić information content (AvgIpc) is 2.59. The van der Waals surface area contributed by atoms with E-state index in [1.807, 2.05) is 12.1 Å².